The molecule has 0 aliphatic heterocycles. The quantitative estimate of drug-likeness (QED) is 0.149. The molecule has 0 atom stereocenters. The molecule has 2 amide bonds. The lowest BCUT2D eigenvalue weighted by atomic mass is 10.2. The van der Waals surface area contributed by atoms with Crippen LogP contribution in [0, 0.1) is 0 Å². The van der Waals surface area contributed by atoms with Crippen LogP contribution < -0.4 is 10.6 Å². The van der Waals surface area contributed by atoms with Crippen LogP contribution in [0.5, 0.6) is 0 Å². The van der Waals surface area contributed by atoms with Gasteiger partial charge in [-0.2, -0.15) is 13.2 Å². The van der Waals surface area contributed by atoms with E-state index in [4.69, 9.17) is 19.7 Å². The summed E-state index contributed by atoms with van der Waals surface area (Å²) in [7, 11) is 0. The molecule has 10 nitrogen and oxygen atoms in total. The van der Waals surface area contributed by atoms with Crippen molar-refractivity contribution in [3.8, 4) is 0 Å². The molecule has 168 valence electrons. The molecule has 0 aliphatic rings. The largest absolute Gasteiger partial charge is 0.471 e. The van der Waals surface area contributed by atoms with Crippen LogP contribution in [0.25, 0.3) is 10.4 Å². The van der Waals surface area contributed by atoms with Gasteiger partial charge in [0.2, 0.25) is 5.91 Å². The summed E-state index contributed by atoms with van der Waals surface area (Å²) in [5.74, 6) is -2.11. The molecule has 0 aromatic rings. The zero-order valence-electron chi connectivity index (χ0n) is 16.2. The topological polar surface area (TPSA) is 135 Å². The molecule has 0 aromatic carbocycles. The van der Waals surface area contributed by atoms with Gasteiger partial charge in [-0.1, -0.05) is 11.5 Å². The first kappa shape index (κ1) is 26.9. The number of hydrogen-bond acceptors (Lipinski definition) is 6. The molecule has 0 saturated carbocycles. The Bertz CT molecular complexity index is 502. The highest BCUT2D eigenvalue weighted by Gasteiger charge is 2.38. The number of unbranched alkanes of at least 4 members (excludes halogenated alkanes) is 2. The fourth-order valence-corrected chi connectivity index (χ4v) is 1.93. The minimum Gasteiger partial charge on any atom is -0.379 e. The number of nitrogens with zero attached hydrogens (tertiary/aromatic N) is 3. The van der Waals surface area contributed by atoms with Gasteiger partial charge in [0, 0.05) is 31.0 Å². The van der Waals surface area contributed by atoms with Crippen LogP contribution in [0.4, 0.5) is 13.2 Å². The number of carbonyl (C=O) groups is 2. The molecule has 0 heterocycles. The third kappa shape index (κ3) is 19.0. The van der Waals surface area contributed by atoms with Crippen molar-refractivity contribution < 1.29 is 37.0 Å². The number of alkyl halides is 3. The highest BCUT2D eigenvalue weighted by atomic mass is 19.4. The first-order valence-electron chi connectivity index (χ1n) is 9.23. The number of carbonyl (C=O) groups excluding carboxylic acids is 2. The van der Waals surface area contributed by atoms with Crippen LogP contribution >= 0.6 is 0 Å². The van der Waals surface area contributed by atoms with Crippen molar-refractivity contribution in [1.82, 2.24) is 10.6 Å². The Labute approximate surface area is 167 Å². The number of rotatable bonds is 18. The van der Waals surface area contributed by atoms with Crippen LogP contribution in [-0.2, 0) is 23.8 Å². The van der Waals surface area contributed by atoms with Crippen molar-refractivity contribution in [2.45, 2.75) is 31.9 Å². The molecular weight excluding hydrogens is 399 g/mol. The zero-order valence-corrected chi connectivity index (χ0v) is 16.2. The van der Waals surface area contributed by atoms with Crippen molar-refractivity contribution in [3.05, 3.63) is 10.4 Å². The van der Waals surface area contributed by atoms with E-state index in [1.807, 2.05) is 0 Å². The van der Waals surface area contributed by atoms with Gasteiger partial charge in [-0.05, 0) is 18.4 Å². The lowest BCUT2D eigenvalue weighted by Gasteiger charge is -2.08. The SMILES string of the molecule is [N-]=[N+]=NCCOCCOCCOCCNC(=O)CCCCCNC(=O)C(F)(F)F. The third-order valence-electron chi connectivity index (χ3n) is 3.34. The monoisotopic (exact) mass is 427 g/mol. The molecule has 0 radical (unpaired) electrons. The Hall–Kier alpha value is -2.08. The van der Waals surface area contributed by atoms with Crippen molar-refractivity contribution in [3.63, 3.8) is 0 Å². The summed E-state index contributed by atoms with van der Waals surface area (Å²) < 4.78 is 51.5. The van der Waals surface area contributed by atoms with Crippen molar-refractivity contribution in [2.75, 3.05) is 59.3 Å². The Kier molecular flexibility index (Phi) is 16.7. The number of azide groups is 1. The minimum absolute atomic E-state index is 0.0717. The molecular formula is C16H28F3N5O5. The summed E-state index contributed by atoms with van der Waals surface area (Å²) in [5, 5.41) is 7.76. The van der Waals surface area contributed by atoms with Crippen molar-refractivity contribution in [2.24, 2.45) is 5.11 Å². The highest BCUT2D eigenvalue weighted by Crippen LogP contribution is 2.14. The molecule has 0 aromatic heterocycles. The second-order valence-corrected chi connectivity index (χ2v) is 5.71. The van der Waals surface area contributed by atoms with Crippen LogP contribution in [0.2, 0.25) is 0 Å². The first-order valence-corrected chi connectivity index (χ1v) is 9.23. The molecule has 0 saturated heterocycles. The molecule has 0 aliphatic carbocycles. The molecule has 13 heteroatoms. The second-order valence-electron chi connectivity index (χ2n) is 5.71. The van der Waals surface area contributed by atoms with Gasteiger partial charge in [-0.15, -0.1) is 0 Å². The average molecular weight is 427 g/mol. The highest BCUT2D eigenvalue weighted by molar-refractivity contribution is 5.81. The fraction of sp³-hybridized carbons (Fsp3) is 0.875. The lowest BCUT2D eigenvalue weighted by molar-refractivity contribution is -0.173. The average Bonchev–Trinajstić information content (AvgIpc) is 2.67. The molecule has 0 spiro atoms. The van der Waals surface area contributed by atoms with Crippen LogP contribution in [0.15, 0.2) is 5.11 Å². The standard InChI is InChI=1S/C16H28F3N5O5/c17-16(18,19)15(26)22-5-3-1-2-4-14(25)21-6-8-27-10-12-29-13-11-28-9-7-23-24-20/h1-13H2,(H,21,25)(H,22,26). The fourth-order valence-electron chi connectivity index (χ4n) is 1.93. The number of nitrogens with one attached hydrogen (secondary N) is 2. The van der Waals surface area contributed by atoms with Gasteiger partial charge in [0.15, 0.2) is 0 Å². The van der Waals surface area contributed by atoms with E-state index in [0.29, 0.717) is 65.4 Å². The van der Waals surface area contributed by atoms with E-state index in [0.717, 1.165) is 0 Å². The molecule has 0 fully saturated rings. The smallest absolute Gasteiger partial charge is 0.379 e. The van der Waals surface area contributed by atoms with Crippen molar-refractivity contribution >= 4 is 11.8 Å². The molecule has 0 bridgehead atoms. The lowest BCUT2D eigenvalue weighted by Crippen LogP contribution is -2.37. The molecule has 2 N–H and O–H groups in total. The van der Waals surface area contributed by atoms with E-state index < -0.39 is 12.1 Å². The predicted octanol–water partition coefficient (Wildman–Crippen LogP) is 1.70. The van der Waals surface area contributed by atoms with Gasteiger partial charge in [-0.25, -0.2) is 0 Å². The van der Waals surface area contributed by atoms with Gasteiger partial charge in [0.25, 0.3) is 0 Å². The number of amides is 2. The van der Waals surface area contributed by atoms with Crippen LogP contribution in [0.3, 0.4) is 0 Å². The number of ether oxygens (including phenoxy) is 3. The maximum absolute atomic E-state index is 11.9. The van der Waals surface area contributed by atoms with Gasteiger partial charge < -0.3 is 24.8 Å². The van der Waals surface area contributed by atoms with E-state index in [1.165, 1.54) is 0 Å². The summed E-state index contributed by atoms with van der Waals surface area (Å²) in [6.45, 7) is 2.80. The minimum atomic E-state index is -4.86. The number of halogens is 3. The van der Waals surface area contributed by atoms with E-state index in [1.54, 1.807) is 5.32 Å². The van der Waals surface area contributed by atoms with Crippen LogP contribution in [-0.4, -0.2) is 77.3 Å². The Morgan fingerprint density at radius 3 is 2.10 bits per heavy atom. The molecule has 29 heavy (non-hydrogen) atoms. The Balaban J connectivity index is 3.30. The summed E-state index contributed by atoms with van der Waals surface area (Å²) >= 11 is 0. The molecule has 0 unspecified atom stereocenters. The predicted molar refractivity (Wildman–Crippen MR) is 97.0 cm³/mol. The summed E-state index contributed by atoms with van der Waals surface area (Å²) in [5.41, 5.74) is 8.06. The maximum atomic E-state index is 11.9. The van der Waals surface area contributed by atoms with E-state index in [2.05, 4.69) is 15.3 Å². The zero-order chi connectivity index (χ0) is 21.8. The van der Waals surface area contributed by atoms with E-state index >= 15 is 0 Å². The maximum Gasteiger partial charge on any atom is 0.471 e. The Morgan fingerprint density at radius 2 is 1.48 bits per heavy atom. The van der Waals surface area contributed by atoms with Gasteiger partial charge in [-0.3, -0.25) is 9.59 Å². The first-order chi connectivity index (χ1) is 13.9. The summed E-state index contributed by atoms with van der Waals surface area (Å²) in [4.78, 5) is 24.7. The van der Waals surface area contributed by atoms with Gasteiger partial charge in [0.1, 0.15) is 0 Å². The van der Waals surface area contributed by atoms with Crippen LogP contribution in [0.1, 0.15) is 25.7 Å². The van der Waals surface area contributed by atoms with Gasteiger partial charge in [0.05, 0.1) is 39.6 Å². The molecule has 0 rings (SSSR count). The third-order valence-corrected chi connectivity index (χ3v) is 3.34. The van der Waals surface area contributed by atoms with Gasteiger partial charge >= 0.3 is 12.1 Å². The Morgan fingerprint density at radius 1 is 0.862 bits per heavy atom. The number of hydrogen-bond donors (Lipinski definition) is 2. The van der Waals surface area contributed by atoms with Crippen molar-refractivity contribution in [1.29, 1.82) is 0 Å². The van der Waals surface area contributed by atoms with E-state index in [9.17, 15) is 22.8 Å². The normalized spacial score (nSPS) is 11.0. The van der Waals surface area contributed by atoms with E-state index in [-0.39, 0.29) is 25.4 Å². The summed E-state index contributed by atoms with van der Waals surface area (Å²) in [6, 6.07) is 0. The second kappa shape index (κ2) is 18.0. The summed E-state index contributed by atoms with van der Waals surface area (Å²) in [6.07, 6.45) is -3.17.